The van der Waals surface area contributed by atoms with Crippen LogP contribution in [0.3, 0.4) is 0 Å². The number of nitrogens with one attached hydrogen (secondary N) is 1. The van der Waals surface area contributed by atoms with Crippen molar-refractivity contribution in [3.63, 3.8) is 0 Å². The first kappa shape index (κ1) is 12.6. The standard InChI is InChI=1S/C15H15N3O2/c19-15-13-5-1-2-6-14(13)17-11-18(15)8-7-16-10-12-4-3-9-20-12/h1-6,9,11,16H,7-8,10H2. The zero-order valence-corrected chi connectivity index (χ0v) is 11.0. The number of aromatic nitrogens is 2. The third kappa shape index (κ3) is 2.62. The maximum atomic E-state index is 12.2. The Kier molecular flexibility index (Phi) is 3.60. The van der Waals surface area contributed by atoms with E-state index in [-0.39, 0.29) is 5.56 Å². The summed E-state index contributed by atoms with van der Waals surface area (Å²) in [5.41, 5.74) is 0.729. The summed E-state index contributed by atoms with van der Waals surface area (Å²) >= 11 is 0. The molecule has 0 aliphatic carbocycles. The molecule has 0 radical (unpaired) electrons. The normalized spacial score (nSPS) is 11.0. The maximum Gasteiger partial charge on any atom is 0.261 e. The van der Waals surface area contributed by atoms with Crippen LogP contribution in [0.1, 0.15) is 5.76 Å². The lowest BCUT2D eigenvalue weighted by Gasteiger charge is -2.07. The van der Waals surface area contributed by atoms with Crippen molar-refractivity contribution in [2.45, 2.75) is 13.1 Å². The molecule has 0 fully saturated rings. The van der Waals surface area contributed by atoms with Crippen molar-refractivity contribution >= 4 is 10.9 Å². The van der Waals surface area contributed by atoms with Crippen LogP contribution < -0.4 is 10.9 Å². The van der Waals surface area contributed by atoms with E-state index in [1.54, 1.807) is 23.2 Å². The topological polar surface area (TPSA) is 60.1 Å². The van der Waals surface area contributed by atoms with E-state index >= 15 is 0 Å². The maximum absolute atomic E-state index is 12.2. The lowest BCUT2D eigenvalue weighted by molar-refractivity contribution is 0.474. The van der Waals surface area contributed by atoms with Gasteiger partial charge in [-0.15, -0.1) is 0 Å². The minimum absolute atomic E-state index is 0.00426. The average Bonchev–Trinajstić information content (AvgIpc) is 2.99. The molecular formula is C15H15N3O2. The van der Waals surface area contributed by atoms with Crippen LogP contribution in [0.15, 0.2) is 58.2 Å². The van der Waals surface area contributed by atoms with Crippen LogP contribution in [-0.2, 0) is 13.1 Å². The average molecular weight is 269 g/mol. The molecule has 0 saturated carbocycles. The van der Waals surface area contributed by atoms with Crippen LogP contribution in [0.5, 0.6) is 0 Å². The van der Waals surface area contributed by atoms with Crippen molar-refractivity contribution in [1.82, 2.24) is 14.9 Å². The van der Waals surface area contributed by atoms with Gasteiger partial charge in [0.2, 0.25) is 0 Å². The van der Waals surface area contributed by atoms with E-state index in [1.807, 2.05) is 30.3 Å². The van der Waals surface area contributed by atoms with Crippen LogP contribution in [0.25, 0.3) is 10.9 Å². The smallest absolute Gasteiger partial charge is 0.261 e. The number of benzene rings is 1. The van der Waals surface area contributed by atoms with Gasteiger partial charge < -0.3 is 9.73 Å². The summed E-state index contributed by atoms with van der Waals surface area (Å²) in [4.78, 5) is 16.5. The Morgan fingerprint density at radius 1 is 1.20 bits per heavy atom. The van der Waals surface area contributed by atoms with Gasteiger partial charge in [-0.05, 0) is 24.3 Å². The van der Waals surface area contributed by atoms with Gasteiger partial charge in [0.1, 0.15) is 5.76 Å². The Morgan fingerprint density at radius 3 is 2.95 bits per heavy atom. The first-order chi connectivity index (χ1) is 9.84. The van der Waals surface area contributed by atoms with Gasteiger partial charge in [0.15, 0.2) is 0 Å². The molecule has 2 heterocycles. The van der Waals surface area contributed by atoms with Crippen LogP contribution in [0.2, 0.25) is 0 Å². The molecule has 1 aromatic carbocycles. The molecule has 0 bridgehead atoms. The highest BCUT2D eigenvalue weighted by Gasteiger charge is 2.02. The first-order valence-corrected chi connectivity index (χ1v) is 6.52. The van der Waals surface area contributed by atoms with Crippen molar-refractivity contribution < 1.29 is 4.42 Å². The molecule has 5 heteroatoms. The zero-order valence-electron chi connectivity index (χ0n) is 11.0. The minimum Gasteiger partial charge on any atom is -0.468 e. The van der Waals surface area contributed by atoms with Crippen LogP contribution in [0.4, 0.5) is 0 Å². The van der Waals surface area contributed by atoms with E-state index in [0.717, 1.165) is 11.3 Å². The minimum atomic E-state index is -0.00426. The highest BCUT2D eigenvalue weighted by Crippen LogP contribution is 2.04. The molecule has 0 amide bonds. The molecule has 3 aromatic rings. The predicted molar refractivity (Wildman–Crippen MR) is 76.4 cm³/mol. The van der Waals surface area contributed by atoms with E-state index in [2.05, 4.69) is 10.3 Å². The molecule has 0 atom stereocenters. The highest BCUT2D eigenvalue weighted by molar-refractivity contribution is 5.76. The van der Waals surface area contributed by atoms with Gasteiger partial charge in [-0.1, -0.05) is 12.1 Å². The molecule has 2 aromatic heterocycles. The lowest BCUT2D eigenvalue weighted by Crippen LogP contribution is -2.27. The van der Waals surface area contributed by atoms with Gasteiger partial charge in [-0.2, -0.15) is 0 Å². The van der Waals surface area contributed by atoms with Crippen molar-refractivity contribution in [2.75, 3.05) is 6.54 Å². The SMILES string of the molecule is O=c1c2ccccc2ncn1CCNCc1ccco1. The lowest BCUT2D eigenvalue weighted by atomic mass is 10.2. The Hall–Kier alpha value is -2.40. The summed E-state index contributed by atoms with van der Waals surface area (Å²) in [6, 6.07) is 11.1. The number of nitrogens with zero attached hydrogens (tertiary/aromatic N) is 2. The van der Waals surface area contributed by atoms with E-state index in [9.17, 15) is 4.79 Å². The number of hydrogen-bond donors (Lipinski definition) is 1. The summed E-state index contributed by atoms with van der Waals surface area (Å²) in [5, 5.41) is 3.88. The fourth-order valence-corrected chi connectivity index (χ4v) is 2.09. The molecule has 0 unspecified atom stereocenters. The van der Waals surface area contributed by atoms with Gasteiger partial charge >= 0.3 is 0 Å². The summed E-state index contributed by atoms with van der Waals surface area (Å²) in [6.07, 6.45) is 3.24. The number of hydrogen-bond acceptors (Lipinski definition) is 4. The quantitative estimate of drug-likeness (QED) is 0.717. The number of furan rings is 1. The van der Waals surface area contributed by atoms with Gasteiger partial charge in [0.05, 0.1) is 30.0 Å². The number of para-hydroxylation sites is 1. The Labute approximate surface area is 115 Å². The zero-order chi connectivity index (χ0) is 13.8. The van der Waals surface area contributed by atoms with Crippen molar-refractivity contribution in [3.8, 4) is 0 Å². The summed E-state index contributed by atoms with van der Waals surface area (Å²) in [7, 11) is 0. The molecular weight excluding hydrogens is 254 g/mol. The number of rotatable bonds is 5. The Bertz CT molecular complexity index is 747. The molecule has 20 heavy (non-hydrogen) atoms. The molecule has 102 valence electrons. The monoisotopic (exact) mass is 269 g/mol. The van der Waals surface area contributed by atoms with Crippen molar-refractivity contribution in [1.29, 1.82) is 0 Å². The highest BCUT2D eigenvalue weighted by atomic mass is 16.3. The Morgan fingerprint density at radius 2 is 2.10 bits per heavy atom. The van der Waals surface area contributed by atoms with Crippen molar-refractivity contribution in [3.05, 3.63) is 65.1 Å². The van der Waals surface area contributed by atoms with Crippen LogP contribution >= 0.6 is 0 Å². The first-order valence-electron chi connectivity index (χ1n) is 6.52. The summed E-state index contributed by atoms with van der Waals surface area (Å²) in [6.45, 7) is 1.92. The third-order valence-corrected chi connectivity index (χ3v) is 3.14. The summed E-state index contributed by atoms with van der Waals surface area (Å²) < 4.78 is 6.85. The van der Waals surface area contributed by atoms with E-state index in [0.29, 0.717) is 25.0 Å². The Balaban J connectivity index is 1.66. The molecule has 5 nitrogen and oxygen atoms in total. The number of fused-ring (bicyclic) bond motifs is 1. The fourth-order valence-electron chi connectivity index (χ4n) is 2.09. The summed E-state index contributed by atoms with van der Waals surface area (Å²) in [5.74, 6) is 0.883. The second-order valence-corrected chi connectivity index (χ2v) is 4.52. The third-order valence-electron chi connectivity index (χ3n) is 3.14. The van der Waals surface area contributed by atoms with Crippen LogP contribution in [0, 0.1) is 0 Å². The molecule has 0 aliphatic heterocycles. The largest absolute Gasteiger partial charge is 0.468 e. The molecule has 3 rings (SSSR count). The van der Waals surface area contributed by atoms with Gasteiger partial charge in [-0.3, -0.25) is 9.36 Å². The van der Waals surface area contributed by atoms with Crippen LogP contribution in [-0.4, -0.2) is 16.1 Å². The second-order valence-electron chi connectivity index (χ2n) is 4.52. The van der Waals surface area contributed by atoms with E-state index in [4.69, 9.17) is 4.42 Å². The van der Waals surface area contributed by atoms with Gasteiger partial charge in [-0.25, -0.2) is 4.98 Å². The van der Waals surface area contributed by atoms with Gasteiger partial charge in [0, 0.05) is 13.1 Å². The predicted octanol–water partition coefficient (Wildman–Crippen LogP) is 1.78. The molecule has 1 N–H and O–H groups in total. The second kappa shape index (κ2) is 5.71. The molecule has 0 spiro atoms. The fraction of sp³-hybridized carbons (Fsp3) is 0.200. The molecule has 0 saturated heterocycles. The molecule has 0 aliphatic rings. The van der Waals surface area contributed by atoms with Crippen molar-refractivity contribution in [2.24, 2.45) is 0 Å². The van der Waals surface area contributed by atoms with E-state index in [1.165, 1.54) is 0 Å². The van der Waals surface area contributed by atoms with Gasteiger partial charge in [0.25, 0.3) is 5.56 Å². The van der Waals surface area contributed by atoms with E-state index < -0.39 is 0 Å².